The van der Waals surface area contributed by atoms with Gasteiger partial charge in [0.15, 0.2) is 10.9 Å². The average molecular weight is 407 g/mol. The van der Waals surface area contributed by atoms with Crippen molar-refractivity contribution in [2.45, 2.75) is 42.9 Å². The summed E-state index contributed by atoms with van der Waals surface area (Å²) in [6, 6.07) is 15.9. The molecule has 2 aromatic heterocycles. The van der Waals surface area contributed by atoms with Gasteiger partial charge in [-0.25, -0.2) is 0 Å². The van der Waals surface area contributed by atoms with Crippen molar-refractivity contribution in [3.8, 4) is 17.7 Å². The molecule has 1 aromatic carbocycles. The molecule has 1 N–H and O–H groups in total. The van der Waals surface area contributed by atoms with Crippen LogP contribution in [0.3, 0.4) is 0 Å². The summed E-state index contributed by atoms with van der Waals surface area (Å²) in [5.41, 5.74) is 0.384. The van der Waals surface area contributed by atoms with E-state index in [0.717, 1.165) is 18.4 Å². The summed E-state index contributed by atoms with van der Waals surface area (Å²) in [4.78, 5) is 12.5. The molecule has 0 unspecified atom stereocenters. The fraction of sp³-hybridized carbons (Fsp3) is 0.333. The van der Waals surface area contributed by atoms with E-state index in [4.69, 9.17) is 4.42 Å². The largest absolute Gasteiger partial charge is 0.461 e. The van der Waals surface area contributed by atoms with Crippen molar-refractivity contribution in [3.63, 3.8) is 0 Å². The first-order valence-electron chi connectivity index (χ1n) is 9.55. The van der Waals surface area contributed by atoms with Crippen molar-refractivity contribution in [1.82, 2.24) is 20.1 Å². The first kappa shape index (κ1) is 19.3. The summed E-state index contributed by atoms with van der Waals surface area (Å²) in [6.45, 7) is 0.565. The minimum absolute atomic E-state index is 0.160. The lowest BCUT2D eigenvalue weighted by atomic mass is 10.0. The minimum Gasteiger partial charge on any atom is -0.461 e. The number of carbonyl (C=O) groups is 1. The number of rotatable bonds is 7. The number of aromatic nitrogens is 3. The van der Waals surface area contributed by atoms with Gasteiger partial charge in [0.05, 0.1) is 24.6 Å². The maximum Gasteiger partial charge on any atom is 0.231 e. The van der Waals surface area contributed by atoms with E-state index < -0.39 is 5.54 Å². The van der Waals surface area contributed by atoms with Gasteiger partial charge in [0.1, 0.15) is 5.54 Å². The Morgan fingerprint density at radius 1 is 1.21 bits per heavy atom. The van der Waals surface area contributed by atoms with Crippen LogP contribution in [0.25, 0.3) is 11.6 Å². The van der Waals surface area contributed by atoms with Gasteiger partial charge < -0.3 is 9.73 Å². The predicted molar refractivity (Wildman–Crippen MR) is 109 cm³/mol. The molecule has 0 aliphatic heterocycles. The molecule has 7 nitrogen and oxygen atoms in total. The van der Waals surface area contributed by atoms with E-state index in [2.05, 4.69) is 21.6 Å². The second kappa shape index (κ2) is 8.53. The average Bonchev–Trinajstić information content (AvgIpc) is 3.49. The molecule has 2 heterocycles. The summed E-state index contributed by atoms with van der Waals surface area (Å²) >= 11 is 1.31. The molecule has 0 atom stereocenters. The first-order valence-corrected chi connectivity index (χ1v) is 10.5. The fourth-order valence-electron chi connectivity index (χ4n) is 3.57. The van der Waals surface area contributed by atoms with Crippen molar-refractivity contribution >= 4 is 17.7 Å². The Morgan fingerprint density at radius 3 is 2.69 bits per heavy atom. The van der Waals surface area contributed by atoms with Gasteiger partial charge in [-0.1, -0.05) is 42.1 Å². The predicted octanol–water partition coefficient (Wildman–Crippen LogP) is 3.63. The van der Waals surface area contributed by atoms with Gasteiger partial charge in [0.2, 0.25) is 11.7 Å². The molecular weight excluding hydrogens is 386 g/mol. The Labute approximate surface area is 173 Å². The minimum atomic E-state index is -0.714. The second-order valence-corrected chi connectivity index (χ2v) is 8.04. The number of nitrogens with zero attached hydrogens (tertiary/aromatic N) is 4. The van der Waals surface area contributed by atoms with Crippen molar-refractivity contribution < 1.29 is 9.21 Å². The zero-order chi connectivity index (χ0) is 20.1. The van der Waals surface area contributed by atoms with Gasteiger partial charge >= 0.3 is 0 Å². The van der Waals surface area contributed by atoms with Gasteiger partial charge in [0.25, 0.3) is 0 Å². The Kier molecular flexibility index (Phi) is 5.67. The van der Waals surface area contributed by atoms with Crippen LogP contribution in [-0.2, 0) is 11.3 Å². The van der Waals surface area contributed by atoms with Gasteiger partial charge in [-0.2, -0.15) is 5.26 Å². The molecule has 29 heavy (non-hydrogen) atoms. The van der Waals surface area contributed by atoms with E-state index in [1.165, 1.54) is 11.8 Å². The molecule has 4 rings (SSSR count). The number of nitrogens with one attached hydrogen (secondary N) is 1. The molecular formula is C21H21N5O2S. The van der Waals surface area contributed by atoms with Crippen LogP contribution in [0.5, 0.6) is 0 Å². The van der Waals surface area contributed by atoms with Gasteiger partial charge in [0, 0.05) is 0 Å². The first-order chi connectivity index (χ1) is 14.2. The number of furan rings is 1. The lowest BCUT2D eigenvalue weighted by Crippen LogP contribution is -2.45. The lowest BCUT2D eigenvalue weighted by molar-refractivity contribution is -0.119. The standard InChI is InChI=1S/C21H21N5O2S/c22-15-21(10-4-5-11-21)23-18(27)14-29-20-25-24-19(17-9-6-12-28-17)26(20)13-16-7-2-1-3-8-16/h1-3,6-9,12H,4-5,10-11,13-14H2,(H,23,27). The zero-order valence-corrected chi connectivity index (χ0v) is 16.7. The highest BCUT2D eigenvalue weighted by atomic mass is 32.2. The molecule has 0 bridgehead atoms. The van der Waals surface area contributed by atoms with Crippen LogP contribution < -0.4 is 5.32 Å². The SMILES string of the molecule is N#CC1(NC(=O)CSc2nnc(-c3ccco3)n2Cc2ccccc2)CCCC1. The summed E-state index contributed by atoms with van der Waals surface area (Å²) in [6.07, 6.45) is 4.97. The molecule has 3 aromatic rings. The molecule has 148 valence electrons. The van der Waals surface area contributed by atoms with E-state index >= 15 is 0 Å². The summed E-state index contributed by atoms with van der Waals surface area (Å²) < 4.78 is 7.45. The smallest absolute Gasteiger partial charge is 0.231 e. The third-order valence-corrected chi connectivity index (χ3v) is 5.99. The Balaban J connectivity index is 1.51. The van der Waals surface area contributed by atoms with Crippen molar-refractivity contribution in [2.75, 3.05) is 5.75 Å². The highest BCUT2D eigenvalue weighted by molar-refractivity contribution is 7.99. The van der Waals surface area contributed by atoms with Crippen molar-refractivity contribution in [1.29, 1.82) is 5.26 Å². The summed E-state index contributed by atoms with van der Waals surface area (Å²) in [7, 11) is 0. The number of benzene rings is 1. The van der Waals surface area contributed by atoms with E-state index in [-0.39, 0.29) is 11.7 Å². The van der Waals surface area contributed by atoms with E-state index in [1.54, 1.807) is 12.3 Å². The fourth-order valence-corrected chi connectivity index (χ4v) is 4.31. The maximum absolute atomic E-state index is 12.5. The molecule has 1 amide bonds. The van der Waals surface area contributed by atoms with Crippen LogP contribution in [-0.4, -0.2) is 32.0 Å². The molecule has 1 aliphatic rings. The number of nitriles is 1. The number of carbonyl (C=O) groups excluding carboxylic acids is 1. The number of amides is 1. The molecule has 1 aliphatic carbocycles. The van der Waals surface area contributed by atoms with Crippen LogP contribution in [0.2, 0.25) is 0 Å². The summed E-state index contributed by atoms with van der Waals surface area (Å²) in [5.74, 6) is 1.26. The monoisotopic (exact) mass is 407 g/mol. The maximum atomic E-state index is 12.5. The molecule has 0 saturated heterocycles. The highest BCUT2D eigenvalue weighted by Crippen LogP contribution is 2.30. The molecule has 0 radical (unpaired) electrons. The normalized spacial score (nSPS) is 15.1. The van der Waals surface area contributed by atoms with Gasteiger partial charge in [-0.05, 0) is 43.4 Å². The number of hydrogen-bond donors (Lipinski definition) is 1. The van der Waals surface area contributed by atoms with Crippen LogP contribution in [0.15, 0.2) is 58.3 Å². The summed E-state index contributed by atoms with van der Waals surface area (Å²) in [5, 5.41) is 21.6. The third kappa shape index (κ3) is 4.35. The number of hydrogen-bond acceptors (Lipinski definition) is 6. The van der Waals surface area contributed by atoms with Crippen LogP contribution >= 0.6 is 11.8 Å². The van der Waals surface area contributed by atoms with Gasteiger partial charge in [-0.15, -0.1) is 10.2 Å². The third-order valence-electron chi connectivity index (χ3n) is 5.02. The molecule has 0 spiro atoms. The topological polar surface area (TPSA) is 96.7 Å². The van der Waals surface area contributed by atoms with E-state index in [0.29, 0.717) is 36.1 Å². The Bertz CT molecular complexity index is 1000. The second-order valence-electron chi connectivity index (χ2n) is 7.09. The lowest BCUT2D eigenvalue weighted by Gasteiger charge is -2.21. The zero-order valence-electron chi connectivity index (χ0n) is 15.9. The Morgan fingerprint density at radius 2 is 2.00 bits per heavy atom. The van der Waals surface area contributed by atoms with Crippen molar-refractivity contribution in [2.24, 2.45) is 0 Å². The molecule has 1 saturated carbocycles. The Hall–Kier alpha value is -3.05. The highest BCUT2D eigenvalue weighted by Gasteiger charge is 2.35. The molecule has 8 heteroatoms. The number of thioether (sulfide) groups is 1. The van der Waals surface area contributed by atoms with Crippen LogP contribution in [0.4, 0.5) is 0 Å². The van der Waals surface area contributed by atoms with Crippen molar-refractivity contribution in [3.05, 3.63) is 54.3 Å². The molecule has 1 fully saturated rings. The van der Waals surface area contributed by atoms with E-state index in [9.17, 15) is 10.1 Å². The van der Waals surface area contributed by atoms with Crippen LogP contribution in [0.1, 0.15) is 31.2 Å². The van der Waals surface area contributed by atoms with E-state index in [1.807, 2.05) is 41.0 Å². The quantitative estimate of drug-likeness (QED) is 0.601. The van der Waals surface area contributed by atoms with Gasteiger partial charge in [-0.3, -0.25) is 9.36 Å². The van der Waals surface area contributed by atoms with Crippen LogP contribution in [0, 0.1) is 11.3 Å².